The summed E-state index contributed by atoms with van der Waals surface area (Å²) in [5, 5.41) is 0. The van der Waals surface area contributed by atoms with Crippen molar-refractivity contribution in [3.8, 4) is 0 Å². The Balaban J connectivity index is 2.39. The highest BCUT2D eigenvalue weighted by molar-refractivity contribution is 5.64. The van der Waals surface area contributed by atoms with Crippen LogP contribution in [0.15, 0.2) is 12.2 Å². The lowest BCUT2D eigenvalue weighted by atomic mass is 9.98. The Kier molecular flexibility index (Phi) is 2.67. The second kappa shape index (κ2) is 3.55. The van der Waals surface area contributed by atoms with Gasteiger partial charge in [0.15, 0.2) is 0 Å². The van der Waals surface area contributed by atoms with Crippen LogP contribution in [0.25, 0.3) is 0 Å². The normalized spacial score (nSPS) is 33.3. The number of aldehydes is 1. The molecule has 0 aromatic heterocycles. The van der Waals surface area contributed by atoms with Crippen molar-refractivity contribution >= 4 is 6.29 Å². The van der Waals surface area contributed by atoms with E-state index in [2.05, 4.69) is 6.92 Å². The summed E-state index contributed by atoms with van der Waals surface area (Å²) in [5.74, 6) is 1.46. The van der Waals surface area contributed by atoms with Gasteiger partial charge in [-0.3, -0.25) is 4.79 Å². The van der Waals surface area contributed by atoms with Crippen LogP contribution >= 0.6 is 0 Å². The highest BCUT2D eigenvalue weighted by Crippen LogP contribution is 2.31. The van der Waals surface area contributed by atoms with Crippen molar-refractivity contribution in [1.29, 1.82) is 0 Å². The van der Waals surface area contributed by atoms with Gasteiger partial charge in [0.25, 0.3) is 0 Å². The van der Waals surface area contributed by atoms with E-state index in [0.29, 0.717) is 5.92 Å². The molecule has 0 aromatic carbocycles. The van der Waals surface area contributed by atoms with Gasteiger partial charge in [-0.15, -0.1) is 0 Å². The first kappa shape index (κ1) is 7.52. The van der Waals surface area contributed by atoms with E-state index < -0.39 is 0 Å². The third-order valence-corrected chi connectivity index (χ3v) is 2.36. The van der Waals surface area contributed by atoms with Crippen LogP contribution in [0.2, 0.25) is 0 Å². The van der Waals surface area contributed by atoms with Crippen molar-refractivity contribution in [1.82, 2.24) is 0 Å². The van der Waals surface area contributed by atoms with Crippen LogP contribution < -0.4 is 0 Å². The molecule has 1 saturated carbocycles. The fourth-order valence-electron chi connectivity index (χ4n) is 1.65. The predicted octanol–water partition coefficient (Wildman–Crippen LogP) is 2.18. The molecule has 0 saturated heterocycles. The summed E-state index contributed by atoms with van der Waals surface area (Å²) in [4.78, 5) is 9.98. The van der Waals surface area contributed by atoms with Gasteiger partial charge >= 0.3 is 0 Å². The van der Waals surface area contributed by atoms with Crippen molar-refractivity contribution in [2.24, 2.45) is 11.8 Å². The van der Waals surface area contributed by atoms with E-state index in [4.69, 9.17) is 0 Å². The second-order valence-electron chi connectivity index (χ2n) is 3.09. The third kappa shape index (κ3) is 1.69. The molecule has 1 aliphatic carbocycles. The summed E-state index contributed by atoms with van der Waals surface area (Å²) in [6, 6.07) is 0. The molecule has 1 heteroatoms. The van der Waals surface area contributed by atoms with Gasteiger partial charge in [-0.05, 0) is 24.3 Å². The molecule has 1 rings (SSSR count). The zero-order valence-electron chi connectivity index (χ0n) is 6.42. The SMILES string of the molecule is CC1CCCC1/C=C/C=O. The minimum absolute atomic E-state index is 0.671. The molecule has 0 heterocycles. The minimum Gasteiger partial charge on any atom is -0.299 e. The number of hydrogen-bond acceptors (Lipinski definition) is 1. The zero-order chi connectivity index (χ0) is 7.40. The molecular formula is C9H14O. The molecule has 1 nitrogen and oxygen atoms in total. The van der Waals surface area contributed by atoms with E-state index in [1.165, 1.54) is 19.3 Å². The van der Waals surface area contributed by atoms with Crippen molar-refractivity contribution < 1.29 is 4.79 Å². The van der Waals surface area contributed by atoms with Crippen LogP contribution in [0.5, 0.6) is 0 Å². The lowest BCUT2D eigenvalue weighted by Gasteiger charge is -2.07. The molecule has 2 atom stereocenters. The van der Waals surface area contributed by atoms with Crippen molar-refractivity contribution in [2.45, 2.75) is 26.2 Å². The highest BCUT2D eigenvalue weighted by atomic mass is 16.1. The van der Waals surface area contributed by atoms with Crippen molar-refractivity contribution in [3.63, 3.8) is 0 Å². The molecule has 0 aromatic rings. The first-order valence-corrected chi connectivity index (χ1v) is 3.96. The van der Waals surface area contributed by atoms with Gasteiger partial charge in [0, 0.05) is 0 Å². The Morgan fingerprint density at radius 1 is 1.40 bits per heavy atom. The molecule has 10 heavy (non-hydrogen) atoms. The molecule has 0 spiro atoms. The predicted molar refractivity (Wildman–Crippen MR) is 41.7 cm³/mol. The maximum atomic E-state index is 9.98. The van der Waals surface area contributed by atoms with Crippen LogP contribution in [-0.4, -0.2) is 6.29 Å². The summed E-state index contributed by atoms with van der Waals surface area (Å²) >= 11 is 0. The standard InChI is InChI=1S/C9H14O/c1-8-4-2-5-9(8)6-3-7-10/h3,6-9H,2,4-5H2,1H3/b6-3+. The Hall–Kier alpha value is -0.590. The maximum Gasteiger partial charge on any atom is 0.142 e. The van der Waals surface area contributed by atoms with E-state index >= 15 is 0 Å². The quantitative estimate of drug-likeness (QED) is 0.422. The first-order valence-electron chi connectivity index (χ1n) is 3.96. The Labute approximate surface area is 62.1 Å². The monoisotopic (exact) mass is 138 g/mol. The van der Waals surface area contributed by atoms with Gasteiger partial charge in [-0.1, -0.05) is 25.8 Å². The van der Waals surface area contributed by atoms with Gasteiger partial charge in [0.1, 0.15) is 6.29 Å². The van der Waals surface area contributed by atoms with E-state index in [1.54, 1.807) is 6.08 Å². The van der Waals surface area contributed by atoms with Gasteiger partial charge in [0.05, 0.1) is 0 Å². The highest BCUT2D eigenvalue weighted by Gasteiger charge is 2.19. The van der Waals surface area contributed by atoms with Gasteiger partial charge in [-0.2, -0.15) is 0 Å². The van der Waals surface area contributed by atoms with Crippen LogP contribution in [0.3, 0.4) is 0 Å². The molecule has 0 aliphatic heterocycles. The fourth-order valence-corrected chi connectivity index (χ4v) is 1.65. The summed E-state index contributed by atoms with van der Waals surface area (Å²) in [6.07, 6.45) is 8.47. The zero-order valence-corrected chi connectivity index (χ0v) is 6.42. The first-order chi connectivity index (χ1) is 4.84. The minimum atomic E-state index is 0.671. The summed E-state index contributed by atoms with van der Waals surface area (Å²) in [5.41, 5.74) is 0. The molecule has 0 radical (unpaired) electrons. The van der Waals surface area contributed by atoms with Crippen LogP contribution in [0, 0.1) is 11.8 Å². The Morgan fingerprint density at radius 2 is 2.20 bits per heavy atom. The summed E-state index contributed by atoms with van der Waals surface area (Å²) in [6.45, 7) is 2.26. The lowest BCUT2D eigenvalue weighted by molar-refractivity contribution is -0.104. The van der Waals surface area contributed by atoms with Gasteiger partial charge in [-0.25, -0.2) is 0 Å². The average molecular weight is 138 g/mol. The van der Waals surface area contributed by atoms with Crippen LogP contribution in [-0.2, 0) is 4.79 Å². The molecule has 56 valence electrons. The molecule has 0 N–H and O–H groups in total. The number of carbonyl (C=O) groups is 1. The molecular weight excluding hydrogens is 124 g/mol. The van der Waals surface area contributed by atoms with Crippen LogP contribution in [0.4, 0.5) is 0 Å². The largest absolute Gasteiger partial charge is 0.299 e. The summed E-state index contributed by atoms with van der Waals surface area (Å²) < 4.78 is 0. The maximum absolute atomic E-state index is 9.98. The lowest BCUT2D eigenvalue weighted by Crippen LogP contribution is -1.98. The van der Waals surface area contributed by atoms with Gasteiger partial charge in [0.2, 0.25) is 0 Å². The topological polar surface area (TPSA) is 17.1 Å². The number of allylic oxidation sites excluding steroid dienone is 2. The molecule has 1 fully saturated rings. The van der Waals surface area contributed by atoms with Crippen LogP contribution in [0.1, 0.15) is 26.2 Å². The average Bonchev–Trinajstić information content (AvgIpc) is 2.31. The number of hydrogen-bond donors (Lipinski definition) is 0. The molecule has 2 unspecified atom stereocenters. The van der Waals surface area contributed by atoms with E-state index in [0.717, 1.165) is 12.2 Å². The van der Waals surface area contributed by atoms with Gasteiger partial charge < -0.3 is 0 Å². The number of carbonyl (C=O) groups excluding carboxylic acids is 1. The second-order valence-corrected chi connectivity index (χ2v) is 3.09. The number of rotatable bonds is 2. The summed E-state index contributed by atoms with van der Waals surface area (Å²) in [7, 11) is 0. The Bertz CT molecular complexity index is 138. The van der Waals surface area contributed by atoms with Crippen molar-refractivity contribution in [3.05, 3.63) is 12.2 Å². The van der Waals surface area contributed by atoms with Crippen molar-refractivity contribution in [2.75, 3.05) is 0 Å². The van der Waals surface area contributed by atoms with E-state index in [9.17, 15) is 4.79 Å². The van der Waals surface area contributed by atoms with E-state index in [-0.39, 0.29) is 0 Å². The third-order valence-electron chi connectivity index (χ3n) is 2.36. The molecule has 0 bridgehead atoms. The smallest absolute Gasteiger partial charge is 0.142 e. The van der Waals surface area contributed by atoms with E-state index in [1.807, 2.05) is 6.08 Å². The molecule has 0 amide bonds. The molecule has 1 aliphatic rings. The fraction of sp³-hybridized carbons (Fsp3) is 0.667. The Morgan fingerprint density at radius 3 is 2.70 bits per heavy atom.